The molecule has 0 unspecified atom stereocenters. The van der Waals surface area contributed by atoms with E-state index in [1.165, 1.54) is 24.3 Å². The van der Waals surface area contributed by atoms with Crippen molar-refractivity contribution in [3.05, 3.63) is 47.6 Å². The summed E-state index contributed by atoms with van der Waals surface area (Å²) in [5.74, 6) is -1.62. The van der Waals surface area contributed by atoms with Gasteiger partial charge >= 0.3 is 5.97 Å². The van der Waals surface area contributed by atoms with E-state index in [9.17, 15) is 19.8 Å². The third kappa shape index (κ3) is 4.41. The van der Waals surface area contributed by atoms with Gasteiger partial charge < -0.3 is 25.7 Å². The standard InChI is InChI=1S/C16H17NO6/c18-11-4-1-9(2-5-11)3-6-14(20)17-12-7-10(16(22)23)8-13(19)15(12)21/h1-6,8,12-13,15,18-19,21H,7H2,(H,17,20)(H,22,23)/b6-3+/t12-,13-,15+/m1/s1. The highest BCUT2D eigenvalue weighted by atomic mass is 16.4. The molecule has 1 aromatic rings. The SMILES string of the molecule is O=C(/C=C/c1ccc(O)cc1)N[C@@H]1CC(C(=O)O)=C[C@@H](O)[C@H]1O. The van der Waals surface area contributed by atoms with Gasteiger partial charge in [0.25, 0.3) is 0 Å². The van der Waals surface area contributed by atoms with E-state index in [2.05, 4.69) is 5.32 Å². The Hall–Kier alpha value is -2.64. The van der Waals surface area contributed by atoms with Crippen molar-refractivity contribution in [2.75, 3.05) is 0 Å². The predicted octanol–water partition coefficient (Wildman–Crippen LogP) is 0.0267. The van der Waals surface area contributed by atoms with E-state index < -0.39 is 30.1 Å². The number of aromatic hydroxyl groups is 1. The quantitative estimate of drug-likeness (QED) is 0.498. The van der Waals surface area contributed by atoms with Crippen LogP contribution in [-0.2, 0) is 9.59 Å². The number of carboxylic acid groups (broad SMARTS) is 1. The molecule has 0 heterocycles. The van der Waals surface area contributed by atoms with Crippen LogP contribution < -0.4 is 5.32 Å². The number of benzene rings is 1. The molecule has 0 saturated heterocycles. The summed E-state index contributed by atoms with van der Waals surface area (Å²) in [5.41, 5.74) is 0.629. The van der Waals surface area contributed by atoms with Gasteiger partial charge in [-0.3, -0.25) is 4.79 Å². The highest BCUT2D eigenvalue weighted by molar-refractivity contribution is 5.92. The van der Waals surface area contributed by atoms with Crippen molar-refractivity contribution >= 4 is 18.0 Å². The number of carbonyl (C=O) groups excluding carboxylic acids is 1. The second-order valence-corrected chi connectivity index (χ2v) is 5.22. The van der Waals surface area contributed by atoms with Gasteiger partial charge in [0.1, 0.15) is 18.0 Å². The number of amides is 1. The number of phenols is 1. The molecule has 1 amide bonds. The van der Waals surface area contributed by atoms with Gasteiger partial charge in [-0.05, 0) is 29.8 Å². The van der Waals surface area contributed by atoms with E-state index in [0.29, 0.717) is 5.56 Å². The molecule has 7 heteroatoms. The normalized spacial score (nSPS) is 24.3. The van der Waals surface area contributed by atoms with E-state index in [1.54, 1.807) is 12.1 Å². The Labute approximate surface area is 132 Å². The third-order valence-corrected chi connectivity index (χ3v) is 3.50. The number of carbonyl (C=O) groups is 2. The molecule has 1 aromatic carbocycles. The second-order valence-electron chi connectivity index (χ2n) is 5.22. The average molecular weight is 319 g/mol. The Bertz CT molecular complexity index is 649. The molecule has 23 heavy (non-hydrogen) atoms. The van der Waals surface area contributed by atoms with Crippen LogP contribution in [0.2, 0.25) is 0 Å². The lowest BCUT2D eigenvalue weighted by Crippen LogP contribution is -2.50. The largest absolute Gasteiger partial charge is 0.508 e. The maximum atomic E-state index is 11.9. The molecule has 0 spiro atoms. The molecule has 0 bridgehead atoms. The summed E-state index contributed by atoms with van der Waals surface area (Å²) in [6.45, 7) is 0. The Morgan fingerprint density at radius 2 is 1.83 bits per heavy atom. The number of aliphatic hydroxyl groups excluding tert-OH is 2. The number of nitrogens with one attached hydrogen (secondary N) is 1. The Kier molecular flexibility index (Phi) is 5.15. The number of aliphatic carboxylic acids is 1. The first kappa shape index (κ1) is 16.7. The summed E-state index contributed by atoms with van der Waals surface area (Å²) in [7, 11) is 0. The Morgan fingerprint density at radius 1 is 1.17 bits per heavy atom. The van der Waals surface area contributed by atoms with Gasteiger partial charge in [-0.1, -0.05) is 12.1 Å². The molecule has 0 aliphatic heterocycles. The fourth-order valence-corrected chi connectivity index (χ4v) is 2.25. The van der Waals surface area contributed by atoms with Crippen LogP contribution in [0.1, 0.15) is 12.0 Å². The molecule has 1 aliphatic rings. The van der Waals surface area contributed by atoms with Gasteiger partial charge in [0.2, 0.25) is 5.91 Å². The molecule has 0 aromatic heterocycles. The van der Waals surface area contributed by atoms with Crippen molar-refractivity contribution in [3.63, 3.8) is 0 Å². The van der Waals surface area contributed by atoms with E-state index in [-0.39, 0.29) is 17.7 Å². The Balaban J connectivity index is 2.00. The number of phenolic OH excluding ortho intramolecular Hbond substituents is 1. The molecular formula is C16H17NO6. The topological polar surface area (TPSA) is 127 Å². The minimum absolute atomic E-state index is 0.0596. The predicted molar refractivity (Wildman–Crippen MR) is 81.4 cm³/mol. The average Bonchev–Trinajstić information content (AvgIpc) is 2.51. The van der Waals surface area contributed by atoms with Crippen molar-refractivity contribution in [3.8, 4) is 5.75 Å². The summed E-state index contributed by atoms with van der Waals surface area (Å²) >= 11 is 0. The van der Waals surface area contributed by atoms with Crippen LogP contribution in [0.3, 0.4) is 0 Å². The minimum Gasteiger partial charge on any atom is -0.508 e. The van der Waals surface area contributed by atoms with Crippen LogP contribution in [-0.4, -0.2) is 50.6 Å². The van der Waals surface area contributed by atoms with E-state index in [1.807, 2.05) is 0 Å². The molecule has 5 N–H and O–H groups in total. The Morgan fingerprint density at radius 3 is 2.43 bits per heavy atom. The van der Waals surface area contributed by atoms with Crippen LogP contribution in [0.15, 0.2) is 42.0 Å². The number of aliphatic hydroxyl groups is 2. The van der Waals surface area contributed by atoms with Crippen molar-refractivity contribution in [1.29, 1.82) is 0 Å². The summed E-state index contributed by atoms with van der Waals surface area (Å²) < 4.78 is 0. The zero-order chi connectivity index (χ0) is 17.0. The second kappa shape index (κ2) is 7.08. The first-order valence-corrected chi connectivity index (χ1v) is 6.94. The van der Waals surface area contributed by atoms with E-state index in [4.69, 9.17) is 10.2 Å². The molecular weight excluding hydrogens is 302 g/mol. The monoisotopic (exact) mass is 319 g/mol. The minimum atomic E-state index is -1.35. The fraction of sp³-hybridized carbons (Fsp3) is 0.250. The van der Waals surface area contributed by atoms with Gasteiger partial charge in [-0.25, -0.2) is 4.79 Å². The third-order valence-electron chi connectivity index (χ3n) is 3.50. The maximum Gasteiger partial charge on any atom is 0.331 e. The van der Waals surface area contributed by atoms with Gasteiger partial charge in [0.05, 0.1) is 6.04 Å². The van der Waals surface area contributed by atoms with Crippen LogP contribution in [0.4, 0.5) is 0 Å². The first-order chi connectivity index (χ1) is 10.9. The number of carboxylic acids is 1. The summed E-state index contributed by atoms with van der Waals surface area (Å²) in [5, 5.41) is 40.1. The van der Waals surface area contributed by atoms with Gasteiger partial charge in [0.15, 0.2) is 0 Å². The lowest BCUT2D eigenvalue weighted by Gasteiger charge is -2.30. The van der Waals surface area contributed by atoms with Gasteiger partial charge in [0, 0.05) is 18.1 Å². The van der Waals surface area contributed by atoms with Gasteiger partial charge in [-0.15, -0.1) is 0 Å². The lowest BCUT2D eigenvalue weighted by molar-refractivity contribution is -0.133. The molecule has 7 nitrogen and oxygen atoms in total. The first-order valence-electron chi connectivity index (χ1n) is 6.94. The molecule has 0 radical (unpaired) electrons. The molecule has 1 aliphatic carbocycles. The number of rotatable bonds is 4. The highest BCUT2D eigenvalue weighted by Crippen LogP contribution is 2.20. The molecule has 122 valence electrons. The van der Waals surface area contributed by atoms with Crippen molar-refractivity contribution in [2.24, 2.45) is 0 Å². The maximum absolute atomic E-state index is 11.9. The zero-order valence-electron chi connectivity index (χ0n) is 12.1. The smallest absolute Gasteiger partial charge is 0.331 e. The van der Waals surface area contributed by atoms with Gasteiger partial charge in [-0.2, -0.15) is 0 Å². The molecule has 2 rings (SSSR count). The molecule has 3 atom stereocenters. The van der Waals surface area contributed by atoms with Crippen LogP contribution in [0.5, 0.6) is 5.75 Å². The summed E-state index contributed by atoms with van der Waals surface area (Å²) in [4.78, 5) is 22.8. The van der Waals surface area contributed by atoms with Crippen molar-refractivity contribution < 1.29 is 30.0 Å². The zero-order valence-corrected chi connectivity index (χ0v) is 12.1. The van der Waals surface area contributed by atoms with Crippen LogP contribution in [0, 0.1) is 0 Å². The number of hydrogen-bond acceptors (Lipinski definition) is 5. The number of hydrogen-bond donors (Lipinski definition) is 5. The molecule has 0 saturated carbocycles. The van der Waals surface area contributed by atoms with Crippen LogP contribution in [0.25, 0.3) is 6.08 Å². The fourth-order valence-electron chi connectivity index (χ4n) is 2.25. The summed E-state index contributed by atoms with van der Waals surface area (Å²) in [6.07, 6.45) is 1.11. The van der Waals surface area contributed by atoms with E-state index >= 15 is 0 Å². The van der Waals surface area contributed by atoms with Crippen molar-refractivity contribution in [1.82, 2.24) is 5.32 Å². The van der Waals surface area contributed by atoms with Crippen LogP contribution >= 0.6 is 0 Å². The lowest BCUT2D eigenvalue weighted by atomic mass is 9.90. The van der Waals surface area contributed by atoms with E-state index in [0.717, 1.165) is 6.08 Å². The molecule has 0 fully saturated rings. The van der Waals surface area contributed by atoms with Crippen molar-refractivity contribution in [2.45, 2.75) is 24.7 Å². The summed E-state index contributed by atoms with van der Waals surface area (Å²) in [6, 6.07) is 5.29. The highest BCUT2D eigenvalue weighted by Gasteiger charge is 2.33.